The Morgan fingerprint density at radius 2 is 2.18 bits per heavy atom. The number of nitrogens with one attached hydrogen (secondary N) is 2. The van der Waals surface area contributed by atoms with Crippen LogP contribution in [0.5, 0.6) is 0 Å². The van der Waals surface area contributed by atoms with Crippen molar-refractivity contribution in [1.29, 1.82) is 0 Å². The van der Waals surface area contributed by atoms with E-state index in [9.17, 15) is 4.79 Å². The van der Waals surface area contributed by atoms with Gasteiger partial charge in [0.1, 0.15) is 5.60 Å². The highest BCUT2D eigenvalue weighted by molar-refractivity contribution is 5.68. The van der Waals surface area contributed by atoms with E-state index in [4.69, 9.17) is 9.26 Å². The lowest BCUT2D eigenvalue weighted by atomic mass is 9.91. The molecule has 1 amide bonds. The predicted octanol–water partition coefficient (Wildman–Crippen LogP) is 2.04. The topological polar surface area (TPSA) is 89.3 Å². The molecule has 124 valence electrons. The molecule has 1 aromatic rings. The summed E-state index contributed by atoms with van der Waals surface area (Å²) in [5, 5.41) is 10.3. The number of carbonyl (C=O) groups is 1. The van der Waals surface area contributed by atoms with E-state index in [2.05, 4.69) is 20.8 Å². The van der Waals surface area contributed by atoms with E-state index in [0.717, 1.165) is 38.6 Å². The second-order valence-corrected chi connectivity index (χ2v) is 6.76. The molecule has 1 fully saturated rings. The first kappa shape index (κ1) is 16.7. The van der Waals surface area contributed by atoms with Crippen LogP contribution in [-0.4, -0.2) is 40.5 Å². The van der Waals surface area contributed by atoms with Gasteiger partial charge in [-0.1, -0.05) is 5.16 Å². The second-order valence-electron chi connectivity index (χ2n) is 6.76. The molecule has 7 heteroatoms. The molecule has 2 rings (SSSR count). The molecule has 0 aliphatic heterocycles. The summed E-state index contributed by atoms with van der Waals surface area (Å²) in [4.78, 5) is 15.8. The first-order valence-electron chi connectivity index (χ1n) is 7.90. The summed E-state index contributed by atoms with van der Waals surface area (Å²) in [5.41, 5.74) is -0.457. The molecule has 1 aliphatic rings. The molecule has 1 aromatic heterocycles. The van der Waals surface area contributed by atoms with Crippen LogP contribution in [0.4, 0.5) is 4.79 Å². The lowest BCUT2D eigenvalue weighted by molar-refractivity contribution is 0.0489. The number of rotatable bonds is 5. The van der Waals surface area contributed by atoms with Gasteiger partial charge < -0.3 is 19.9 Å². The van der Waals surface area contributed by atoms with Gasteiger partial charge in [0.05, 0.1) is 0 Å². The minimum Gasteiger partial charge on any atom is -0.444 e. The van der Waals surface area contributed by atoms with Crippen molar-refractivity contribution in [2.45, 2.75) is 70.6 Å². The Hall–Kier alpha value is -1.63. The van der Waals surface area contributed by atoms with Crippen molar-refractivity contribution in [3.63, 3.8) is 0 Å². The fourth-order valence-electron chi connectivity index (χ4n) is 2.67. The summed E-state index contributed by atoms with van der Waals surface area (Å²) in [7, 11) is 0. The van der Waals surface area contributed by atoms with Crippen molar-refractivity contribution in [3.8, 4) is 0 Å². The molecule has 2 N–H and O–H groups in total. The van der Waals surface area contributed by atoms with Gasteiger partial charge >= 0.3 is 6.09 Å². The van der Waals surface area contributed by atoms with E-state index < -0.39 is 5.60 Å². The Bertz CT molecular complexity index is 456. The normalized spacial score (nSPS) is 22.3. The van der Waals surface area contributed by atoms with Crippen molar-refractivity contribution in [3.05, 3.63) is 12.2 Å². The third-order valence-electron chi connectivity index (χ3n) is 3.58. The number of amides is 1. The van der Waals surface area contributed by atoms with Crippen LogP contribution in [0.2, 0.25) is 0 Å². The van der Waals surface area contributed by atoms with Crippen LogP contribution >= 0.6 is 0 Å². The number of aromatic nitrogens is 2. The second kappa shape index (κ2) is 7.58. The molecule has 1 saturated carbocycles. The maximum Gasteiger partial charge on any atom is 0.407 e. The number of carbonyl (C=O) groups excluding carboxylic acids is 1. The van der Waals surface area contributed by atoms with Crippen molar-refractivity contribution < 1.29 is 14.1 Å². The zero-order valence-corrected chi connectivity index (χ0v) is 13.6. The minimum atomic E-state index is -0.457. The van der Waals surface area contributed by atoms with Crippen LogP contribution in [0, 0.1) is 0 Å². The third-order valence-corrected chi connectivity index (χ3v) is 3.58. The van der Waals surface area contributed by atoms with E-state index in [1.807, 2.05) is 20.8 Å². The van der Waals surface area contributed by atoms with E-state index in [1.54, 1.807) is 0 Å². The molecule has 0 aromatic carbocycles. The first-order chi connectivity index (χ1) is 10.4. The maximum atomic E-state index is 11.8. The van der Waals surface area contributed by atoms with Gasteiger partial charge in [0.15, 0.2) is 5.82 Å². The van der Waals surface area contributed by atoms with Crippen molar-refractivity contribution in [1.82, 2.24) is 20.8 Å². The molecule has 2 unspecified atom stereocenters. The van der Waals surface area contributed by atoms with Gasteiger partial charge in [0.2, 0.25) is 6.39 Å². The first-order valence-corrected chi connectivity index (χ1v) is 7.90. The highest BCUT2D eigenvalue weighted by atomic mass is 16.6. The fourth-order valence-corrected chi connectivity index (χ4v) is 2.67. The van der Waals surface area contributed by atoms with Crippen LogP contribution in [-0.2, 0) is 11.2 Å². The van der Waals surface area contributed by atoms with Crippen molar-refractivity contribution >= 4 is 6.09 Å². The van der Waals surface area contributed by atoms with E-state index >= 15 is 0 Å². The van der Waals surface area contributed by atoms with Crippen molar-refractivity contribution in [2.75, 3.05) is 6.54 Å². The Balaban J connectivity index is 1.68. The van der Waals surface area contributed by atoms with Crippen LogP contribution < -0.4 is 10.6 Å². The SMILES string of the molecule is CC(C)(C)OC(=O)NC1CCCC(NCCc2ncon2)C1. The largest absolute Gasteiger partial charge is 0.444 e. The number of hydrogen-bond acceptors (Lipinski definition) is 6. The molecule has 2 atom stereocenters. The molecule has 7 nitrogen and oxygen atoms in total. The van der Waals surface area contributed by atoms with Gasteiger partial charge in [0, 0.05) is 25.0 Å². The molecular formula is C15H26N4O3. The van der Waals surface area contributed by atoms with Crippen LogP contribution in [0.3, 0.4) is 0 Å². The molecule has 1 aliphatic carbocycles. The maximum absolute atomic E-state index is 11.8. The monoisotopic (exact) mass is 310 g/mol. The van der Waals surface area contributed by atoms with E-state index in [0.29, 0.717) is 11.9 Å². The van der Waals surface area contributed by atoms with Gasteiger partial charge in [-0.3, -0.25) is 0 Å². The molecule has 1 heterocycles. The Morgan fingerprint density at radius 3 is 2.86 bits per heavy atom. The minimum absolute atomic E-state index is 0.172. The van der Waals surface area contributed by atoms with Crippen LogP contribution in [0.25, 0.3) is 0 Å². The third kappa shape index (κ3) is 6.01. The lowest BCUT2D eigenvalue weighted by Gasteiger charge is -2.31. The quantitative estimate of drug-likeness (QED) is 0.865. The lowest BCUT2D eigenvalue weighted by Crippen LogP contribution is -2.46. The summed E-state index contributed by atoms with van der Waals surface area (Å²) in [5.74, 6) is 0.715. The molecule has 0 saturated heterocycles. The predicted molar refractivity (Wildman–Crippen MR) is 81.4 cm³/mol. The fraction of sp³-hybridized carbons (Fsp3) is 0.800. The highest BCUT2D eigenvalue weighted by Gasteiger charge is 2.25. The highest BCUT2D eigenvalue weighted by Crippen LogP contribution is 2.19. The van der Waals surface area contributed by atoms with Gasteiger partial charge in [-0.25, -0.2) is 4.79 Å². The average Bonchev–Trinajstić information content (AvgIpc) is 2.90. The summed E-state index contributed by atoms with van der Waals surface area (Å²) in [6.45, 7) is 6.42. The average molecular weight is 310 g/mol. The van der Waals surface area contributed by atoms with E-state index in [1.165, 1.54) is 6.39 Å². The van der Waals surface area contributed by atoms with Gasteiger partial charge in [-0.2, -0.15) is 4.98 Å². The summed E-state index contributed by atoms with van der Waals surface area (Å²) in [6.07, 6.45) is 5.91. The molecular weight excluding hydrogens is 284 g/mol. The zero-order chi connectivity index (χ0) is 16.0. The molecule has 0 spiro atoms. The molecule has 22 heavy (non-hydrogen) atoms. The Morgan fingerprint density at radius 1 is 1.41 bits per heavy atom. The molecule has 0 bridgehead atoms. The number of alkyl carbamates (subject to hydrolysis) is 1. The van der Waals surface area contributed by atoms with Crippen LogP contribution in [0.1, 0.15) is 52.3 Å². The van der Waals surface area contributed by atoms with Gasteiger partial charge in [-0.15, -0.1) is 0 Å². The Kier molecular flexibility index (Phi) is 5.76. The summed E-state index contributed by atoms with van der Waals surface area (Å²) < 4.78 is 10.0. The van der Waals surface area contributed by atoms with Crippen molar-refractivity contribution in [2.24, 2.45) is 0 Å². The Labute approximate surface area is 131 Å². The zero-order valence-electron chi connectivity index (χ0n) is 13.6. The van der Waals surface area contributed by atoms with Gasteiger partial charge in [-0.05, 0) is 46.5 Å². The number of nitrogens with zero attached hydrogens (tertiary/aromatic N) is 2. The number of ether oxygens (including phenoxy) is 1. The van der Waals surface area contributed by atoms with E-state index in [-0.39, 0.29) is 12.1 Å². The summed E-state index contributed by atoms with van der Waals surface area (Å²) in [6, 6.07) is 0.576. The van der Waals surface area contributed by atoms with Crippen LogP contribution in [0.15, 0.2) is 10.9 Å². The number of hydrogen-bond donors (Lipinski definition) is 2. The summed E-state index contributed by atoms with van der Waals surface area (Å²) >= 11 is 0. The standard InChI is InChI=1S/C15H26N4O3/c1-15(2,3)22-14(20)18-12-6-4-5-11(9-12)16-8-7-13-17-10-21-19-13/h10-12,16H,4-9H2,1-3H3,(H,18,20). The molecule has 0 radical (unpaired) electrons. The smallest absolute Gasteiger partial charge is 0.407 e. The van der Waals surface area contributed by atoms with Gasteiger partial charge in [0.25, 0.3) is 0 Å².